The third-order valence-electron chi connectivity index (χ3n) is 2.93. The number of hydrogen-bond acceptors (Lipinski definition) is 3. The van der Waals surface area contributed by atoms with E-state index in [-0.39, 0.29) is 0 Å². The Bertz CT molecular complexity index is 415. The van der Waals surface area contributed by atoms with Crippen LogP contribution in [0, 0.1) is 5.92 Å². The number of hydrogen-bond donors (Lipinski definition) is 2. The molecule has 0 saturated carbocycles. The van der Waals surface area contributed by atoms with Crippen molar-refractivity contribution in [2.45, 2.75) is 40.2 Å². The average molecular weight is 311 g/mol. The molecule has 0 aliphatic carbocycles. The van der Waals surface area contributed by atoms with Crippen LogP contribution in [-0.2, 0) is 17.7 Å². The van der Waals surface area contributed by atoms with Crippen molar-refractivity contribution in [2.75, 3.05) is 26.8 Å². The predicted molar refractivity (Wildman–Crippen MR) is 92.2 cm³/mol. The van der Waals surface area contributed by atoms with Crippen LogP contribution in [0.3, 0.4) is 0 Å². The standard InChI is InChI=1S/C16H29N3OS/c1-5-14-7-8-15(21-14)11-19-16(17-4)18-9-6-10-20-12-13(2)3/h7-8,13H,5-6,9-12H2,1-4H3,(H2,17,18,19). The van der Waals surface area contributed by atoms with Crippen LogP contribution >= 0.6 is 11.3 Å². The number of nitrogens with zero attached hydrogens (tertiary/aromatic N) is 1. The molecule has 21 heavy (non-hydrogen) atoms. The highest BCUT2D eigenvalue weighted by Gasteiger charge is 2.01. The minimum atomic E-state index is 0.603. The zero-order chi connectivity index (χ0) is 15.5. The second-order valence-corrected chi connectivity index (χ2v) is 6.65. The Labute approximate surface area is 133 Å². The summed E-state index contributed by atoms with van der Waals surface area (Å²) in [5, 5.41) is 6.65. The first-order chi connectivity index (χ1) is 10.2. The molecule has 0 amide bonds. The van der Waals surface area contributed by atoms with Crippen LogP contribution in [-0.4, -0.2) is 32.8 Å². The summed E-state index contributed by atoms with van der Waals surface area (Å²) in [7, 11) is 1.80. The molecular weight excluding hydrogens is 282 g/mol. The van der Waals surface area contributed by atoms with Crippen molar-refractivity contribution >= 4 is 17.3 Å². The number of thiophene rings is 1. The fourth-order valence-corrected chi connectivity index (χ4v) is 2.70. The summed E-state index contributed by atoms with van der Waals surface area (Å²) in [6.07, 6.45) is 2.10. The van der Waals surface area contributed by atoms with E-state index in [1.54, 1.807) is 7.05 Å². The van der Waals surface area contributed by atoms with Gasteiger partial charge in [-0.3, -0.25) is 4.99 Å². The van der Waals surface area contributed by atoms with Crippen LogP contribution in [0.2, 0.25) is 0 Å². The topological polar surface area (TPSA) is 45.7 Å². The highest BCUT2D eigenvalue weighted by molar-refractivity contribution is 7.11. The minimum Gasteiger partial charge on any atom is -0.381 e. The maximum absolute atomic E-state index is 5.56. The van der Waals surface area contributed by atoms with Gasteiger partial charge in [-0.1, -0.05) is 20.8 Å². The molecule has 1 heterocycles. The van der Waals surface area contributed by atoms with Crippen LogP contribution in [0.5, 0.6) is 0 Å². The van der Waals surface area contributed by atoms with Gasteiger partial charge in [0, 0.05) is 36.6 Å². The summed E-state index contributed by atoms with van der Waals surface area (Å²) in [5.74, 6) is 1.46. The number of guanidine groups is 1. The summed E-state index contributed by atoms with van der Waals surface area (Å²) in [6, 6.07) is 4.38. The van der Waals surface area contributed by atoms with Crippen molar-refractivity contribution in [1.29, 1.82) is 0 Å². The van der Waals surface area contributed by atoms with Crippen molar-refractivity contribution in [3.8, 4) is 0 Å². The molecule has 0 radical (unpaired) electrons. The van der Waals surface area contributed by atoms with Gasteiger partial charge in [0.1, 0.15) is 0 Å². The van der Waals surface area contributed by atoms with E-state index in [1.807, 2.05) is 11.3 Å². The van der Waals surface area contributed by atoms with E-state index in [9.17, 15) is 0 Å². The van der Waals surface area contributed by atoms with Crippen LogP contribution in [0.1, 0.15) is 36.9 Å². The van der Waals surface area contributed by atoms with Gasteiger partial charge in [0.05, 0.1) is 6.54 Å². The summed E-state index contributed by atoms with van der Waals surface area (Å²) in [6.45, 7) is 9.86. The summed E-state index contributed by atoms with van der Waals surface area (Å²) >= 11 is 1.86. The second-order valence-electron chi connectivity index (χ2n) is 5.40. The maximum atomic E-state index is 5.56. The van der Waals surface area contributed by atoms with E-state index in [0.717, 1.165) is 45.1 Å². The zero-order valence-corrected chi connectivity index (χ0v) is 14.6. The Morgan fingerprint density at radius 3 is 2.67 bits per heavy atom. The SMILES string of the molecule is CCc1ccc(CNC(=NC)NCCCOCC(C)C)s1. The average Bonchev–Trinajstić information content (AvgIpc) is 2.93. The molecule has 0 aromatic carbocycles. The monoisotopic (exact) mass is 311 g/mol. The van der Waals surface area contributed by atoms with Crippen LogP contribution < -0.4 is 10.6 Å². The van der Waals surface area contributed by atoms with Gasteiger partial charge in [0.15, 0.2) is 5.96 Å². The van der Waals surface area contributed by atoms with Crippen molar-refractivity contribution < 1.29 is 4.74 Å². The number of aliphatic imine (C=N–C) groups is 1. The Morgan fingerprint density at radius 1 is 1.29 bits per heavy atom. The Balaban J connectivity index is 2.14. The maximum Gasteiger partial charge on any atom is 0.191 e. The van der Waals surface area contributed by atoms with Gasteiger partial charge >= 0.3 is 0 Å². The molecule has 0 unspecified atom stereocenters. The van der Waals surface area contributed by atoms with Crippen molar-refractivity contribution in [2.24, 2.45) is 10.9 Å². The lowest BCUT2D eigenvalue weighted by Gasteiger charge is -2.11. The molecule has 0 saturated heterocycles. The first kappa shape index (κ1) is 18.0. The molecule has 0 fully saturated rings. The fraction of sp³-hybridized carbons (Fsp3) is 0.688. The van der Waals surface area contributed by atoms with Crippen LogP contribution in [0.4, 0.5) is 0 Å². The third-order valence-corrected chi connectivity index (χ3v) is 4.16. The van der Waals surface area contributed by atoms with E-state index in [0.29, 0.717) is 5.92 Å². The molecule has 1 aromatic rings. The normalized spacial score (nSPS) is 12.0. The quantitative estimate of drug-likeness (QED) is 0.418. The Morgan fingerprint density at radius 2 is 2.05 bits per heavy atom. The first-order valence-corrected chi connectivity index (χ1v) is 8.57. The lowest BCUT2D eigenvalue weighted by molar-refractivity contribution is 0.108. The van der Waals surface area contributed by atoms with Crippen LogP contribution in [0.15, 0.2) is 17.1 Å². The zero-order valence-electron chi connectivity index (χ0n) is 13.7. The second kappa shape index (κ2) is 10.6. The molecule has 120 valence electrons. The first-order valence-electron chi connectivity index (χ1n) is 7.75. The van der Waals surface area contributed by atoms with E-state index in [1.165, 1.54) is 9.75 Å². The molecule has 0 atom stereocenters. The fourth-order valence-electron chi connectivity index (χ4n) is 1.80. The third kappa shape index (κ3) is 8.07. The van der Waals surface area contributed by atoms with Gasteiger partial charge in [0.2, 0.25) is 0 Å². The predicted octanol–water partition coefficient (Wildman–Crippen LogP) is 3.04. The van der Waals surface area contributed by atoms with Gasteiger partial charge in [-0.15, -0.1) is 11.3 Å². The molecule has 0 aliphatic rings. The molecule has 1 aromatic heterocycles. The van der Waals surface area contributed by atoms with Gasteiger partial charge in [0.25, 0.3) is 0 Å². The lowest BCUT2D eigenvalue weighted by atomic mass is 10.2. The number of aryl methyl sites for hydroxylation is 1. The molecule has 0 aliphatic heterocycles. The Hall–Kier alpha value is -1.07. The summed E-state index contributed by atoms with van der Waals surface area (Å²) in [5.41, 5.74) is 0. The van der Waals surface area contributed by atoms with Crippen LogP contribution in [0.25, 0.3) is 0 Å². The molecule has 1 rings (SSSR count). The van der Waals surface area contributed by atoms with Gasteiger partial charge in [-0.05, 0) is 30.9 Å². The summed E-state index contributed by atoms with van der Waals surface area (Å²) in [4.78, 5) is 7.00. The summed E-state index contributed by atoms with van der Waals surface area (Å²) < 4.78 is 5.56. The molecule has 0 bridgehead atoms. The number of rotatable bonds is 9. The van der Waals surface area contributed by atoms with Crippen molar-refractivity contribution in [3.63, 3.8) is 0 Å². The molecule has 5 heteroatoms. The highest BCUT2D eigenvalue weighted by atomic mass is 32.1. The molecule has 0 spiro atoms. The molecular formula is C16H29N3OS. The minimum absolute atomic E-state index is 0.603. The smallest absolute Gasteiger partial charge is 0.191 e. The lowest BCUT2D eigenvalue weighted by Crippen LogP contribution is -2.37. The van der Waals surface area contributed by atoms with E-state index < -0.39 is 0 Å². The largest absolute Gasteiger partial charge is 0.381 e. The van der Waals surface area contributed by atoms with Gasteiger partial charge < -0.3 is 15.4 Å². The molecule has 2 N–H and O–H groups in total. The number of nitrogens with one attached hydrogen (secondary N) is 2. The highest BCUT2D eigenvalue weighted by Crippen LogP contribution is 2.16. The van der Waals surface area contributed by atoms with Gasteiger partial charge in [-0.25, -0.2) is 0 Å². The molecule has 4 nitrogen and oxygen atoms in total. The number of ether oxygens (including phenoxy) is 1. The van der Waals surface area contributed by atoms with Crippen molar-refractivity contribution in [1.82, 2.24) is 10.6 Å². The van der Waals surface area contributed by atoms with E-state index in [4.69, 9.17) is 4.74 Å². The van der Waals surface area contributed by atoms with Gasteiger partial charge in [-0.2, -0.15) is 0 Å². The van der Waals surface area contributed by atoms with E-state index >= 15 is 0 Å². The van der Waals surface area contributed by atoms with Crippen molar-refractivity contribution in [3.05, 3.63) is 21.9 Å². The Kier molecular flexibility index (Phi) is 9.10. The van der Waals surface area contributed by atoms with E-state index in [2.05, 4.69) is 48.5 Å².